The smallest absolute Gasteiger partial charge is 0.276 e. The second kappa shape index (κ2) is 6.92. The fourth-order valence-electron chi connectivity index (χ4n) is 2.35. The largest absolute Gasteiger partial charge is 0.417 e. The Labute approximate surface area is 152 Å². The van der Waals surface area contributed by atoms with Gasteiger partial charge in [-0.2, -0.15) is 26.3 Å². The van der Waals surface area contributed by atoms with Gasteiger partial charge in [0.2, 0.25) is 0 Å². The first kappa shape index (κ1) is 20.3. The normalized spacial score (nSPS) is 12.2. The fraction of sp³-hybridized carbons (Fsp3) is 0.125. The third-order valence-corrected chi connectivity index (χ3v) is 3.82. The second-order valence-corrected chi connectivity index (χ2v) is 5.72. The number of carbonyl (C=O) groups is 2. The number of benzene rings is 2. The van der Waals surface area contributed by atoms with Gasteiger partial charge in [0.1, 0.15) is 0 Å². The molecule has 10 heteroatoms. The maximum atomic E-state index is 13.4. The summed E-state index contributed by atoms with van der Waals surface area (Å²) in [6, 6.07) is 4.22. The quantitative estimate of drug-likeness (QED) is 0.445. The molecule has 0 aliphatic carbocycles. The monoisotopic (exact) mass is 414 g/mol. The van der Waals surface area contributed by atoms with Crippen molar-refractivity contribution in [1.29, 1.82) is 0 Å². The van der Waals surface area contributed by atoms with E-state index in [2.05, 4.69) is 0 Å². The Bertz CT molecular complexity index is 887. The van der Waals surface area contributed by atoms with E-state index in [0.29, 0.717) is 12.1 Å². The van der Waals surface area contributed by atoms with Crippen LogP contribution in [0.25, 0.3) is 11.1 Å². The van der Waals surface area contributed by atoms with E-state index in [9.17, 15) is 35.9 Å². The Morgan fingerprint density at radius 1 is 0.692 bits per heavy atom. The fourth-order valence-corrected chi connectivity index (χ4v) is 2.66. The Morgan fingerprint density at radius 2 is 1.15 bits per heavy atom. The van der Waals surface area contributed by atoms with Crippen LogP contribution < -0.4 is 0 Å². The zero-order valence-electron chi connectivity index (χ0n) is 12.3. The average Bonchev–Trinajstić information content (AvgIpc) is 2.51. The number of halogens is 8. The van der Waals surface area contributed by atoms with Gasteiger partial charge < -0.3 is 0 Å². The molecule has 0 saturated carbocycles. The van der Waals surface area contributed by atoms with E-state index >= 15 is 0 Å². The Hall–Kier alpha value is -2.06. The first-order valence-electron chi connectivity index (χ1n) is 6.65. The van der Waals surface area contributed by atoms with E-state index in [0.717, 1.165) is 18.2 Å². The summed E-state index contributed by atoms with van der Waals surface area (Å²) in [6.07, 6.45) is -10.1. The van der Waals surface area contributed by atoms with Gasteiger partial charge in [-0.25, -0.2) is 0 Å². The summed E-state index contributed by atoms with van der Waals surface area (Å²) in [4.78, 5) is 22.8. The molecule has 0 heterocycles. The summed E-state index contributed by atoms with van der Waals surface area (Å²) in [5.41, 5.74) is -6.25. The molecular formula is C16H6Cl2F6O2. The molecule has 0 unspecified atom stereocenters. The predicted octanol–water partition coefficient (Wildman–Crippen LogP) is 6.15. The number of carbonyl (C=O) groups excluding carboxylic acids is 2. The van der Waals surface area contributed by atoms with Crippen molar-refractivity contribution in [2.24, 2.45) is 0 Å². The van der Waals surface area contributed by atoms with Gasteiger partial charge in [0, 0.05) is 11.1 Å². The molecule has 0 aliphatic rings. The molecule has 0 N–H and O–H groups in total. The summed E-state index contributed by atoms with van der Waals surface area (Å²) in [7, 11) is 0. The molecule has 0 saturated heterocycles. The summed E-state index contributed by atoms with van der Waals surface area (Å²) in [6.45, 7) is 0. The topological polar surface area (TPSA) is 34.1 Å². The van der Waals surface area contributed by atoms with Gasteiger partial charge in [-0.15, -0.1) is 0 Å². The van der Waals surface area contributed by atoms with Gasteiger partial charge in [-0.3, -0.25) is 9.59 Å². The first-order valence-corrected chi connectivity index (χ1v) is 7.41. The summed E-state index contributed by atoms with van der Waals surface area (Å²) >= 11 is 10.4. The van der Waals surface area contributed by atoms with Gasteiger partial charge in [0.25, 0.3) is 10.5 Å². The minimum Gasteiger partial charge on any atom is -0.276 e. The number of hydrogen-bond acceptors (Lipinski definition) is 2. The molecule has 0 bridgehead atoms. The molecule has 0 aromatic heterocycles. The molecule has 26 heavy (non-hydrogen) atoms. The van der Waals surface area contributed by atoms with Gasteiger partial charge in [-0.1, -0.05) is 18.2 Å². The minimum absolute atomic E-state index is 0.216. The van der Waals surface area contributed by atoms with Gasteiger partial charge in [0.15, 0.2) is 0 Å². The van der Waals surface area contributed by atoms with Crippen molar-refractivity contribution in [2.45, 2.75) is 12.4 Å². The molecule has 0 radical (unpaired) electrons. The maximum Gasteiger partial charge on any atom is 0.417 e. The van der Waals surface area contributed by atoms with Crippen LogP contribution in [-0.2, 0) is 12.4 Å². The Kier molecular flexibility index (Phi) is 5.39. The van der Waals surface area contributed by atoms with Crippen LogP contribution in [0.1, 0.15) is 31.8 Å². The molecule has 2 aromatic rings. The van der Waals surface area contributed by atoms with Crippen molar-refractivity contribution in [3.05, 3.63) is 58.7 Å². The minimum atomic E-state index is -5.12. The highest BCUT2D eigenvalue weighted by Crippen LogP contribution is 2.43. The summed E-state index contributed by atoms with van der Waals surface area (Å²) in [5.74, 6) is 0. The van der Waals surface area contributed by atoms with E-state index in [-0.39, 0.29) is 6.07 Å². The Balaban J connectivity index is 2.96. The van der Waals surface area contributed by atoms with E-state index < -0.39 is 56.2 Å². The lowest BCUT2D eigenvalue weighted by Gasteiger charge is -2.19. The molecular weight excluding hydrogens is 409 g/mol. The highest BCUT2D eigenvalue weighted by atomic mass is 35.5. The van der Waals surface area contributed by atoms with Crippen molar-refractivity contribution in [3.8, 4) is 11.1 Å². The van der Waals surface area contributed by atoms with Crippen LogP contribution in [0.5, 0.6) is 0 Å². The SMILES string of the molecule is O=C(Cl)c1cc(-c2ccccc2C(F)(F)F)c(C(F)(F)F)cc1C(=O)Cl. The zero-order chi connectivity index (χ0) is 19.9. The molecule has 138 valence electrons. The van der Waals surface area contributed by atoms with Gasteiger partial charge in [0.05, 0.1) is 11.1 Å². The number of hydrogen-bond donors (Lipinski definition) is 0. The van der Waals surface area contributed by atoms with E-state index in [1.165, 1.54) is 0 Å². The zero-order valence-corrected chi connectivity index (χ0v) is 13.8. The van der Waals surface area contributed by atoms with Crippen molar-refractivity contribution in [3.63, 3.8) is 0 Å². The van der Waals surface area contributed by atoms with Crippen LogP contribution in [0.15, 0.2) is 36.4 Å². The van der Waals surface area contributed by atoms with Crippen molar-refractivity contribution in [1.82, 2.24) is 0 Å². The van der Waals surface area contributed by atoms with Crippen LogP contribution in [0.4, 0.5) is 26.3 Å². The van der Waals surface area contributed by atoms with Crippen LogP contribution in [0.3, 0.4) is 0 Å². The van der Waals surface area contributed by atoms with Crippen molar-refractivity contribution < 1.29 is 35.9 Å². The molecule has 2 rings (SSSR count). The predicted molar refractivity (Wildman–Crippen MR) is 82.2 cm³/mol. The first-order chi connectivity index (χ1) is 11.8. The van der Waals surface area contributed by atoms with Gasteiger partial charge >= 0.3 is 12.4 Å². The van der Waals surface area contributed by atoms with Crippen LogP contribution >= 0.6 is 23.2 Å². The standard InChI is InChI=1S/C16H6Cl2F6O2/c17-13(25)9-5-8(7-3-1-2-4-11(7)15(19,20)21)12(16(22,23)24)6-10(9)14(18)26/h1-6H. The molecule has 0 fully saturated rings. The summed E-state index contributed by atoms with van der Waals surface area (Å²) in [5, 5.41) is -2.75. The van der Waals surface area contributed by atoms with Crippen molar-refractivity contribution in [2.75, 3.05) is 0 Å². The number of rotatable bonds is 3. The average molecular weight is 415 g/mol. The lowest BCUT2D eigenvalue weighted by atomic mass is 9.91. The summed E-state index contributed by atoms with van der Waals surface area (Å²) < 4.78 is 79.7. The molecule has 0 aliphatic heterocycles. The molecule has 2 aromatic carbocycles. The lowest BCUT2D eigenvalue weighted by Crippen LogP contribution is -2.14. The lowest BCUT2D eigenvalue weighted by molar-refractivity contribution is -0.139. The second-order valence-electron chi connectivity index (χ2n) is 5.03. The van der Waals surface area contributed by atoms with Crippen LogP contribution in [0.2, 0.25) is 0 Å². The van der Waals surface area contributed by atoms with E-state index in [4.69, 9.17) is 23.2 Å². The van der Waals surface area contributed by atoms with Gasteiger partial charge in [-0.05, 0) is 52.5 Å². The maximum absolute atomic E-state index is 13.4. The van der Waals surface area contributed by atoms with E-state index in [1.807, 2.05) is 0 Å². The molecule has 0 amide bonds. The highest BCUT2D eigenvalue weighted by molar-refractivity contribution is 6.72. The highest BCUT2D eigenvalue weighted by Gasteiger charge is 2.39. The number of alkyl halides is 6. The van der Waals surface area contributed by atoms with Crippen LogP contribution in [0, 0.1) is 0 Å². The molecule has 0 spiro atoms. The Morgan fingerprint density at radius 3 is 1.62 bits per heavy atom. The molecule has 2 nitrogen and oxygen atoms in total. The van der Waals surface area contributed by atoms with Crippen LogP contribution in [-0.4, -0.2) is 10.5 Å². The van der Waals surface area contributed by atoms with Crippen molar-refractivity contribution >= 4 is 33.7 Å². The third-order valence-electron chi connectivity index (χ3n) is 3.41. The van der Waals surface area contributed by atoms with E-state index in [1.54, 1.807) is 0 Å². The third kappa shape index (κ3) is 4.02. The molecule has 0 atom stereocenters.